The molecule has 2 unspecified atom stereocenters. The summed E-state index contributed by atoms with van der Waals surface area (Å²) in [6, 6.07) is 5.13. The number of hydrogen-bond acceptors (Lipinski definition) is 2. The first kappa shape index (κ1) is 16.1. The first-order valence-corrected chi connectivity index (χ1v) is 7.16. The van der Waals surface area contributed by atoms with E-state index in [0.717, 1.165) is 36.9 Å². The van der Waals surface area contributed by atoms with E-state index in [9.17, 15) is 4.39 Å². The predicted molar refractivity (Wildman–Crippen MR) is 77.9 cm³/mol. The maximum Gasteiger partial charge on any atom is 0.123 e. The molecule has 0 radical (unpaired) electrons. The SMILES string of the molecule is CCCNC(c1ccc(F)cc1C)C(CCC)OC. The van der Waals surface area contributed by atoms with Crippen molar-refractivity contribution in [2.45, 2.75) is 52.2 Å². The van der Waals surface area contributed by atoms with Gasteiger partial charge in [-0.2, -0.15) is 0 Å². The number of methoxy groups -OCH3 is 1. The highest BCUT2D eigenvalue weighted by Crippen LogP contribution is 2.25. The van der Waals surface area contributed by atoms with Crippen LogP contribution >= 0.6 is 0 Å². The molecule has 1 N–H and O–H groups in total. The summed E-state index contributed by atoms with van der Waals surface area (Å²) >= 11 is 0. The van der Waals surface area contributed by atoms with Gasteiger partial charge in [-0.15, -0.1) is 0 Å². The Balaban J connectivity index is 2.99. The third kappa shape index (κ3) is 4.59. The average Bonchev–Trinajstić information content (AvgIpc) is 2.39. The molecule has 1 aromatic carbocycles. The van der Waals surface area contributed by atoms with E-state index in [1.807, 2.05) is 13.0 Å². The molecule has 19 heavy (non-hydrogen) atoms. The van der Waals surface area contributed by atoms with Gasteiger partial charge in [0.2, 0.25) is 0 Å². The average molecular weight is 267 g/mol. The Kier molecular flexibility index (Phi) is 7.03. The quantitative estimate of drug-likeness (QED) is 0.769. The van der Waals surface area contributed by atoms with Crippen LogP contribution in [-0.2, 0) is 4.74 Å². The van der Waals surface area contributed by atoms with E-state index in [1.165, 1.54) is 6.07 Å². The first-order chi connectivity index (χ1) is 9.13. The van der Waals surface area contributed by atoms with Crippen LogP contribution in [0.2, 0.25) is 0 Å². The summed E-state index contributed by atoms with van der Waals surface area (Å²) in [4.78, 5) is 0. The largest absolute Gasteiger partial charge is 0.379 e. The van der Waals surface area contributed by atoms with Crippen molar-refractivity contribution in [1.29, 1.82) is 0 Å². The van der Waals surface area contributed by atoms with Gasteiger partial charge in [-0.3, -0.25) is 0 Å². The molecule has 0 aromatic heterocycles. The summed E-state index contributed by atoms with van der Waals surface area (Å²) in [6.07, 6.45) is 3.26. The number of hydrogen-bond donors (Lipinski definition) is 1. The second-order valence-corrected chi connectivity index (χ2v) is 5.00. The summed E-state index contributed by atoms with van der Waals surface area (Å²) in [5.74, 6) is -0.181. The zero-order valence-corrected chi connectivity index (χ0v) is 12.5. The Morgan fingerprint density at radius 2 is 2.00 bits per heavy atom. The van der Waals surface area contributed by atoms with Crippen LogP contribution in [0.5, 0.6) is 0 Å². The Hall–Kier alpha value is -0.930. The van der Waals surface area contributed by atoms with Crippen LogP contribution in [0.1, 0.15) is 50.3 Å². The molecule has 1 rings (SSSR count). The predicted octanol–water partition coefficient (Wildman–Crippen LogP) is 3.99. The van der Waals surface area contributed by atoms with E-state index >= 15 is 0 Å². The van der Waals surface area contributed by atoms with Gasteiger partial charge in [0.1, 0.15) is 5.82 Å². The number of rotatable bonds is 8. The molecule has 0 spiro atoms. The fourth-order valence-corrected chi connectivity index (χ4v) is 2.43. The molecule has 2 atom stereocenters. The van der Waals surface area contributed by atoms with Crippen LogP contribution in [0.3, 0.4) is 0 Å². The second-order valence-electron chi connectivity index (χ2n) is 5.00. The number of nitrogens with one attached hydrogen (secondary N) is 1. The van der Waals surface area contributed by atoms with Gasteiger partial charge in [-0.05, 0) is 49.6 Å². The van der Waals surface area contributed by atoms with Crippen molar-refractivity contribution >= 4 is 0 Å². The summed E-state index contributed by atoms with van der Waals surface area (Å²) in [5.41, 5.74) is 2.11. The Bertz CT molecular complexity index is 381. The Labute approximate surface area is 116 Å². The van der Waals surface area contributed by atoms with Gasteiger partial charge >= 0.3 is 0 Å². The maximum atomic E-state index is 13.2. The summed E-state index contributed by atoms with van der Waals surface area (Å²) in [6.45, 7) is 7.19. The standard InChI is InChI=1S/C16H26FNO/c1-5-7-15(19-4)16(18-10-6-2)14-9-8-13(17)11-12(14)3/h8-9,11,15-16,18H,5-7,10H2,1-4H3. The van der Waals surface area contributed by atoms with Crippen LogP contribution in [0.15, 0.2) is 18.2 Å². The van der Waals surface area contributed by atoms with E-state index in [2.05, 4.69) is 19.2 Å². The molecule has 0 saturated heterocycles. The smallest absolute Gasteiger partial charge is 0.123 e. The molecule has 0 saturated carbocycles. The molecule has 0 aliphatic heterocycles. The number of ether oxygens (including phenoxy) is 1. The van der Waals surface area contributed by atoms with Crippen molar-refractivity contribution in [2.24, 2.45) is 0 Å². The minimum absolute atomic E-state index is 0.126. The lowest BCUT2D eigenvalue weighted by atomic mass is 9.94. The van der Waals surface area contributed by atoms with Crippen molar-refractivity contribution in [3.63, 3.8) is 0 Å². The van der Waals surface area contributed by atoms with Gasteiger partial charge in [-0.1, -0.05) is 26.3 Å². The van der Waals surface area contributed by atoms with Gasteiger partial charge < -0.3 is 10.1 Å². The molecule has 0 aliphatic rings. The fourth-order valence-electron chi connectivity index (χ4n) is 2.43. The summed E-state index contributed by atoms with van der Waals surface area (Å²) < 4.78 is 18.9. The van der Waals surface area contributed by atoms with Gasteiger partial charge in [-0.25, -0.2) is 4.39 Å². The van der Waals surface area contributed by atoms with Crippen LogP contribution in [-0.4, -0.2) is 19.8 Å². The van der Waals surface area contributed by atoms with Crippen molar-refractivity contribution in [1.82, 2.24) is 5.32 Å². The van der Waals surface area contributed by atoms with Crippen molar-refractivity contribution in [2.75, 3.05) is 13.7 Å². The molecule has 0 bridgehead atoms. The third-order valence-corrected chi connectivity index (χ3v) is 3.43. The van der Waals surface area contributed by atoms with Gasteiger partial charge in [0.05, 0.1) is 12.1 Å². The molecule has 3 heteroatoms. The van der Waals surface area contributed by atoms with Crippen molar-refractivity contribution < 1.29 is 9.13 Å². The Morgan fingerprint density at radius 1 is 1.26 bits per heavy atom. The second kappa shape index (κ2) is 8.28. The summed E-state index contributed by atoms with van der Waals surface area (Å²) in [5, 5.41) is 3.53. The van der Waals surface area contributed by atoms with Gasteiger partial charge in [0.15, 0.2) is 0 Å². The van der Waals surface area contributed by atoms with Gasteiger partial charge in [0, 0.05) is 7.11 Å². The number of aryl methyl sites for hydroxylation is 1. The third-order valence-electron chi connectivity index (χ3n) is 3.43. The topological polar surface area (TPSA) is 21.3 Å². The lowest BCUT2D eigenvalue weighted by Crippen LogP contribution is -2.34. The molecule has 108 valence electrons. The van der Waals surface area contributed by atoms with Crippen LogP contribution in [0.25, 0.3) is 0 Å². The minimum atomic E-state index is -0.181. The van der Waals surface area contributed by atoms with Crippen molar-refractivity contribution in [3.05, 3.63) is 35.1 Å². The van der Waals surface area contributed by atoms with E-state index in [1.54, 1.807) is 13.2 Å². The van der Waals surface area contributed by atoms with E-state index in [4.69, 9.17) is 4.74 Å². The zero-order chi connectivity index (χ0) is 14.3. The highest BCUT2D eigenvalue weighted by atomic mass is 19.1. The Morgan fingerprint density at radius 3 is 2.53 bits per heavy atom. The van der Waals surface area contributed by atoms with Crippen LogP contribution in [0.4, 0.5) is 4.39 Å². The normalized spacial score (nSPS) is 14.4. The highest BCUT2D eigenvalue weighted by molar-refractivity contribution is 5.30. The lowest BCUT2D eigenvalue weighted by molar-refractivity contribution is 0.0604. The van der Waals surface area contributed by atoms with Crippen LogP contribution < -0.4 is 5.32 Å². The molecular formula is C16H26FNO. The zero-order valence-electron chi connectivity index (χ0n) is 12.5. The lowest BCUT2D eigenvalue weighted by Gasteiger charge is -2.28. The molecule has 0 heterocycles. The molecule has 0 amide bonds. The fraction of sp³-hybridized carbons (Fsp3) is 0.625. The van der Waals surface area contributed by atoms with Crippen LogP contribution in [0, 0.1) is 12.7 Å². The van der Waals surface area contributed by atoms with E-state index in [0.29, 0.717) is 0 Å². The minimum Gasteiger partial charge on any atom is -0.379 e. The maximum absolute atomic E-state index is 13.2. The molecule has 1 aromatic rings. The molecule has 0 fully saturated rings. The molecule has 0 aliphatic carbocycles. The highest BCUT2D eigenvalue weighted by Gasteiger charge is 2.23. The first-order valence-electron chi connectivity index (χ1n) is 7.16. The van der Waals surface area contributed by atoms with E-state index in [-0.39, 0.29) is 18.0 Å². The molecular weight excluding hydrogens is 241 g/mol. The monoisotopic (exact) mass is 267 g/mol. The number of halogens is 1. The van der Waals surface area contributed by atoms with E-state index < -0.39 is 0 Å². The molecule has 2 nitrogen and oxygen atoms in total. The summed E-state index contributed by atoms with van der Waals surface area (Å²) in [7, 11) is 1.75. The van der Waals surface area contributed by atoms with Gasteiger partial charge in [0.25, 0.3) is 0 Å². The number of benzene rings is 1. The van der Waals surface area contributed by atoms with Crippen molar-refractivity contribution in [3.8, 4) is 0 Å².